The molecule has 1 fully saturated rings. The van der Waals surface area contributed by atoms with Crippen molar-refractivity contribution in [2.24, 2.45) is 0 Å². The second-order valence-electron chi connectivity index (χ2n) is 3.93. The van der Waals surface area contributed by atoms with Crippen molar-refractivity contribution in [2.75, 3.05) is 6.54 Å². The van der Waals surface area contributed by atoms with Crippen molar-refractivity contribution in [3.05, 3.63) is 24.0 Å². The van der Waals surface area contributed by atoms with Crippen LogP contribution in [0.4, 0.5) is 0 Å². The van der Waals surface area contributed by atoms with Crippen molar-refractivity contribution in [1.29, 1.82) is 5.26 Å². The molecule has 1 aliphatic rings. The van der Waals surface area contributed by atoms with Gasteiger partial charge < -0.3 is 0 Å². The second-order valence-corrected chi connectivity index (χ2v) is 5.82. The Kier molecular flexibility index (Phi) is 3.13. The number of nitrogens with zero attached hydrogens (tertiary/aromatic N) is 3. The van der Waals surface area contributed by atoms with E-state index in [1.807, 2.05) is 13.0 Å². The molecule has 17 heavy (non-hydrogen) atoms. The maximum atomic E-state index is 12.2. The molecule has 0 amide bonds. The third-order valence-electron chi connectivity index (χ3n) is 2.72. The minimum atomic E-state index is -3.45. The van der Waals surface area contributed by atoms with Crippen LogP contribution >= 0.6 is 0 Å². The molecular weight excluding hydrogens is 238 g/mol. The lowest BCUT2D eigenvalue weighted by atomic mass is 10.4. The highest BCUT2D eigenvalue weighted by Gasteiger charge is 2.36. The lowest BCUT2D eigenvalue weighted by Gasteiger charge is -2.19. The summed E-state index contributed by atoms with van der Waals surface area (Å²) in [5.41, 5.74) is 0.221. The first-order valence-electron chi connectivity index (χ1n) is 5.47. The summed E-state index contributed by atoms with van der Waals surface area (Å²) in [5, 5.41) is 8.61. The summed E-state index contributed by atoms with van der Waals surface area (Å²) in [6.07, 6.45) is 3.10. The molecule has 0 bridgehead atoms. The van der Waals surface area contributed by atoms with Crippen molar-refractivity contribution in [3.8, 4) is 6.07 Å². The molecule has 0 N–H and O–H groups in total. The summed E-state index contributed by atoms with van der Waals surface area (Å²) in [6.45, 7) is 2.29. The highest BCUT2D eigenvalue weighted by molar-refractivity contribution is 7.89. The van der Waals surface area contributed by atoms with Gasteiger partial charge in [-0.3, -0.25) is 0 Å². The van der Waals surface area contributed by atoms with Crippen LogP contribution in [0, 0.1) is 11.3 Å². The summed E-state index contributed by atoms with van der Waals surface area (Å²) in [4.78, 5) is 3.95. The zero-order valence-corrected chi connectivity index (χ0v) is 10.3. The monoisotopic (exact) mass is 251 g/mol. The standard InChI is InChI=1S/C11H13N3O2S/c1-2-14(10-4-5-10)17(15,16)11-6-3-9(7-12)13-8-11/h3,6,8,10H,2,4-5H2,1H3. The number of hydrogen-bond donors (Lipinski definition) is 0. The SMILES string of the molecule is CCN(C1CC1)S(=O)(=O)c1ccc(C#N)nc1. The van der Waals surface area contributed by atoms with E-state index in [1.165, 1.54) is 22.6 Å². The molecular formula is C11H13N3O2S. The van der Waals surface area contributed by atoms with Gasteiger partial charge in [-0.1, -0.05) is 6.92 Å². The Morgan fingerprint density at radius 2 is 2.24 bits per heavy atom. The van der Waals surface area contributed by atoms with Crippen LogP contribution in [0.25, 0.3) is 0 Å². The fourth-order valence-corrected chi connectivity index (χ4v) is 3.36. The first-order chi connectivity index (χ1) is 8.09. The first-order valence-corrected chi connectivity index (χ1v) is 6.91. The Balaban J connectivity index is 2.33. The fraction of sp³-hybridized carbons (Fsp3) is 0.455. The van der Waals surface area contributed by atoms with Crippen LogP contribution < -0.4 is 0 Å². The predicted molar refractivity (Wildman–Crippen MR) is 61.5 cm³/mol. The average molecular weight is 251 g/mol. The van der Waals surface area contributed by atoms with E-state index in [0.29, 0.717) is 6.54 Å². The van der Waals surface area contributed by atoms with Crippen LogP contribution in [0.3, 0.4) is 0 Å². The number of nitriles is 1. The molecule has 2 rings (SSSR count). The van der Waals surface area contributed by atoms with Crippen molar-refractivity contribution in [3.63, 3.8) is 0 Å². The van der Waals surface area contributed by atoms with Crippen molar-refractivity contribution in [2.45, 2.75) is 30.7 Å². The third kappa shape index (κ3) is 2.30. The van der Waals surface area contributed by atoms with E-state index in [4.69, 9.17) is 5.26 Å². The number of sulfonamides is 1. The van der Waals surface area contributed by atoms with Crippen LogP contribution in [0.2, 0.25) is 0 Å². The molecule has 1 aromatic rings. The van der Waals surface area contributed by atoms with E-state index in [0.717, 1.165) is 12.8 Å². The summed E-state index contributed by atoms with van der Waals surface area (Å²) in [5.74, 6) is 0. The average Bonchev–Trinajstić information content (AvgIpc) is 3.14. The normalized spacial score (nSPS) is 15.8. The number of aromatic nitrogens is 1. The van der Waals surface area contributed by atoms with E-state index in [1.54, 1.807) is 0 Å². The molecule has 0 atom stereocenters. The van der Waals surface area contributed by atoms with Gasteiger partial charge >= 0.3 is 0 Å². The van der Waals surface area contributed by atoms with E-state index in [9.17, 15) is 8.42 Å². The Hall–Kier alpha value is -1.45. The van der Waals surface area contributed by atoms with E-state index < -0.39 is 10.0 Å². The molecule has 1 saturated carbocycles. The van der Waals surface area contributed by atoms with Crippen LogP contribution in [0.15, 0.2) is 23.2 Å². The highest BCUT2D eigenvalue weighted by atomic mass is 32.2. The molecule has 1 heterocycles. The van der Waals surface area contributed by atoms with E-state index in [2.05, 4.69) is 4.98 Å². The Labute approximate surface area is 101 Å². The summed E-state index contributed by atoms with van der Waals surface area (Å²) < 4.78 is 26.0. The molecule has 1 aromatic heterocycles. The predicted octanol–water partition coefficient (Wildman–Crippen LogP) is 1.13. The lowest BCUT2D eigenvalue weighted by molar-refractivity contribution is 0.421. The molecule has 6 heteroatoms. The molecule has 0 spiro atoms. The maximum Gasteiger partial charge on any atom is 0.244 e. The first kappa shape index (κ1) is 12.0. The van der Waals surface area contributed by atoms with Gasteiger partial charge in [0, 0.05) is 18.8 Å². The van der Waals surface area contributed by atoms with Gasteiger partial charge in [-0.25, -0.2) is 13.4 Å². The molecule has 0 saturated heterocycles. The topological polar surface area (TPSA) is 74.1 Å². The van der Waals surface area contributed by atoms with Gasteiger partial charge in [0.25, 0.3) is 0 Å². The summed E-state index contributed by atoms with van der Waals surface area (Å²) in [7, 11) is -3.45. The number of hydrogen-bond acceptors (Lipinski definition) is 4. The number of pyridine rings is 1. The molecule has 0 aliphatic heterocycles. The van der Waals surface area contributed by atoms with Gasteiger partial charge in [-0.15, -0.1) is 0 Å². The molecule has 0 radical (unpaired) electrons. The number of rotatable bonds is 4. The van der Waals surface area contributed by atoms with Crippen LogP contribution in [-0.2, 0) is 10.0 Å². The van der Waals surface area contributed by atoms with Crippen molar-refractivity contribution >= 4 is 10.0 Å². The van der Waals surface area contributed by atoms with Gasteiger partial charge in [-0.05, 0) is 25.0 Å². The van der Waals surface area contributed by atoms with Gasteiger partial charge in [0.15, 0.2) is 0 Å². The Bertz CT molecular complexity index is 541. The van der Waals surface area contributed by atoms with Crippen molar-refractivity contribution < 1.29 is 8.42 Å². The smallest absolute Gasteiger partial charge is 0.244 e. The Morgan fingerprint density at radius 1 is 1.53 bits per heavy atom. The fourth-order valence-electron chi connectivity index (χ4n) is 1.72. The van der Waals surface area contributed by atoms with Gasteiger partial charge in [-0.2, -0.15) is 9.57 Å². The van der Waals surface area contributed by atoms with Gasteiger partial charge in [0.2, 0.25) is 10.0 Å². The highest BCUT2D eigenvalue weighted by Crippen LogP contribution is 2.31. The van der Waals surface area contributed by atoms with Gasteiger partial charge in [0.1, 0.15) is 16.7 Å². The Morgan fingerprint density at radius 3 is 2.65 bits per heavy atom. The third-order valence-corrected chi connectivity index (χ3v) is 4.73. The largest absolute Gasteiger partial charge is 0.244 e. The zero-order valence-electron chi connectivity index (χ0n) is 9.50. The molecule has 0 unspecified atom stereocenters. The zero-order chi connectivity index (χ0) is 12.5. The lowest BCUT2D eigenvalue weighted by Crippen LogP contribution is -2.32. The maximum absolute atomic E-state index is 12.2. The van der Waals surface area contributed by atoms with Crippen molar-refractivity contribution in [1.82, 2.24) is 9.29 Å². The molecule has 90 valence electrons. The quantitative estimate of drug-likeness (QED) is 0.804. The summed E-state index contributed by atoms with van der Waals surface area (Å²) >= 11 is 0. The minimum Gasteiger partial charge on any atom is -0.244 e. The van der Waals surface area contributed by atoms with Crippen LogP contribution in [-0.4, -0.2) is 30.3 Å². The van der Waals surface area contributed by atoms with Gasteiger partial charge in [0.05, 0.1) is 0 Å². The molecule has 0 aromatic carbocycles. The minimum absolute atomic E-state index is 0.139. The van der Waals surface area contributed by atoms with Crippen LogP contribution in [0.5, 0.6) is 0 Å². The second kappa shape index (κ2) is 4.43. The van der Waals surface area contributed by atoms with Crippen LogP contribution in [0.1, 0.15) is 25.5 Å². The summed E-state index contributed by atoms with van der Waals surface area (Å²) in [6, 6.07) is 4.86. The molecule has 1 aliphatic carbocycles. The van der Waals surface area contributed by atoms with E-state index >= 15 is 0 Å². The van der Waals surface area contributed by atoms with E-state index in [-0.39, 0.29) is 16.6 Å². The molecule has 5 nitrogen and oxygen atoms in total.